The van der Waals surface area contributed by atoms with E-state index >= 15 is 9.59 Å². The van der Waals surface area contributed by atoms with Crippen molar-refractivity contribution in [2.24, 2.45) is 41.4 Å². The van der Waals surface area contributed by atoms with Gasteiger partial charge < -0.3 is 60.7 Å². The predicted molar refractivity (Wildman–Crippen MR) is 333 cm³/mol. The normalized spacial score (nSPS) is 27.6. The second kappa shape index (κ2) is 35.0. The van der Waals surface area contributed by atoms with Crippen LogP contribution in [0.3, 0.4) is 0 Å². The molecule has 1 fully saturated rings. The number of hydrogen-bond acceptors (Lipinski definition) is 12. The Balaban J connectivity index is 4.39. The van der Waals surface area contributed by atoms with Crippen LogP contribution in [0.15, 0.2) is 12.2 Å². The maximum Gasteiger partial charge on any atom is 0.246 e. The third-order valence-electron chi connectivity index (χ3n) is 16.6. The number of aliphatic hydroxyl groups excluding tert-OH is 1. The Bertz CT molecular complexity index is 2360. The molecule has 0 saturated carbocycles. The van der Waals surface area contributed by atoms with Crippen molar-refractivity contribution in [3.63, 3.8) is 0 Å². The van der Waals surface area contributed by atoms with Gasteiger partial charge in [-0.1, -0.05) is 109 Å². The minimum atomic E-state index is -1.62. The van der Waals surface area contributed by atoms with E-state index in [1.54, 1.807) is 75.3 Å². The standard InChI is InChI=1S/C63H113N11O12/c1-26-29-30-40(16)52(75)51-56(79)66-44(27-2)59(82)68(20)43(19)58(81)74(28-3)49(38(12)13)55(78)67-48(37(10)11)62(85)69(21)45(31-34(4)5)54(77)64-41(17)53(76)65-42(18)57(80)70(22)46(32-35(6)7)60(83)71(23)47(33-36(8)9)61(84)72(24)50(39(14)15)63(86)73(51)25/h26,29,34-52,75H,27-28,30-33H2,1-25H3,(H,64,77)(H,65,76)(H,66,79)(H,67,78)/b29-26+/t40?,41-,42+,43+,44-,45-,46-,47-,48-,49-,50-,51-,52+/m0/s1. The Labute approximate surface area is 515 Å². The van der Waals surface area contributed by atoms with Crippen molar-refractivity contribution in [2.45, 2.75) is 236 Å². The Kier molecular flexibility index (Phi) is 31.7. The smallest absolute Gasteiger partial charge is 0.246 e. The molecule has 1 aliphatic rings. The third kappa shape index (κ3) is 20.5. The number of carbonyl (C=O) groups is 11. The summed E-state index contributed by atoms with van der Waals surface area (Å²) >= 11 is 0. The monoisotopic (exact) mass is 1220 g/mol. The molecule has 1 saturated heterocycles. The van der Waals surface area contributed by atoms with Crippen molar-refractivity contribution in [1.29, 1.82) is 0 Å². The van der Waals surface area contributed by atoms with Crippen LogP contribution in [0.1, 0.15) is 164 Å². The Morgan fingerprint density at radius 1 is 0.442 bits per heavy atom. The maximum atomic E-state index is 15.2. The van der Waals surface area contributed by atoms with Crippen LogP contribution in [0.4, 0.5) is 0 Å². The summed E-state index contributed by atoms with van der Waals surface area (Å²) in [5, 5.41) is 23.2. The topological polar surface area (TPSA) is 279 Å². The fourth-order valence-electron chi connectivity index (χ4n) is 11.1. The molecule has 23 nitrogen and oxygen atoms in total. The molecule has 0 radical (unpaired) electrons. The van der Waals surface area contributed by atoms with Gasteiger partial charge in [-0.3, -0.25) is 52.7 Å². The molecule has 0 aromatic carbocycles. The maximum absolute atomic E-state index is 15.2. The number of nitrogens with one attached hydrogen (secondary N) is 4. The number of rotatable bonds is 15. The lowest BCUT2D eigenvalue weighted by atomic mass is 9.91. The molecular weight excluding hydrogens is 1100 g/mol. The number of carbonyl (C=O) groups excluding carboxylic acids is 11. The van der Waals surface area contributed by atoms with E-state index in [2.05, 4.69) is 21.3 Å². The lowest BCUT2D eigenvalue weighted by Gasteiger charge is -2.41. The van der Waals surface area contributed by atoms with Crippen molar-refractivity contribution in [2.75, 3.05) is 48.8 Å². The van der Waals surface area contributed by atoms with Crippen molar-refractivity contribution in [1.82, 2.24) is 55.6 Å². The van der Waals surface area contributed by atoms with Crippen LogP contribution in [0, 0.1) is 41.4 Å². The first-order valence-electron chi connectivity index (χ1n) is 31.1. The first-order chi connectivity index (χ1) is 39.7. The molecule has 13 atom stereocenters. The average Bonchev–Trinajstić information content (AvgIpc) is 1.38. The number of hydrogen-bond donors (Lipinski definition) is 5. The van der Waals surface area contributed by atoms with Gasteiger partial charge in [-0.05, 0) is 108 Å². The van der Waals surface area contributed by atoms with Gasteiger partial charge >= 0.3 is 0 Å². The molecular formula is C63H113N11O12. The minimum absolute atomic E-state index is 0.0109. The fourth-order valence-corrected chi connectivity index (χ4v) is 11.1. The highest BCUT2D eigenvalue weighted by molar-refractivity contribution is 6.00. The highest BCUT2D eigenvalue weighted by Crippen LogP contribution is 2.26. The zero-order valence-corrected chi connectivity index (χ0v) is 56.9. The second-order valence-corrected chi connectivity index (χ2v) is 26.2. The highest BCUT2D eigenvalue weighted by atomic mass is 16.3. The van der Waals surface area contributed by atoms with E-state index in [-0.39, 0.29) is 50.0 Å². The summed E-state index contributed by atoms with van der Waals surface area (Å²) < 4.78 is 0. The van der Waals surface area contributed by atoms with Crippen molar-refractivity contribution < 1.29 is 57.8 Å². The van der Waals surface area contributed by atoms with Crippen LogP contribution >= 0.6 is 0 Å². The van der Waals surface area contributed by atoms with Crippen LogP contribution < -0.4 is 21.3 Å². The summed E-state index contributed by atoms with van der Waals surface area (Å²) in [6.07, 6.45) is 2.87. The number of aliphatic hydroxyl groups is 1. The van der Waals surface area contributed by atoms with E-state index in [0.29, 0.717) is 6.42 Å². The first-order valence-corrected chi connectivity index (χ1v) is 31.1. The van der Waals surface area contributed by atoms with Crippen LogP contribution in [0.5, 0.6) is 0 Å². The largest absolute Gasteiger partial charge is 0.390 e. The lowest BCUT2D eigenvalue weighted by molar-refractivity contribution is -0.157. The van der Waals surface area contributed by atoms with Gasteiger partial charge in [0.05, 0.1) is 6.10 Å². The van der Waals surface area contributed by atoms with Crippen LogP contribution in [-0.2, 0) is 52.7 Å². The molecule has 492 valence electrons. The summed E-state index contributed by atoms with van der Waals surface area (Å²) in [5.41, 5.74) is 0. The number of allylic oxidation sites excluding steroid dienone is 2. The van der Waals surface area contributed by atoms with Gasteiger partial charge in [0.1, 0.15) is 66.5 Å². The predicted octanol–water partition coefficient (Wildman–Crippen LogP) is 3.66. The number of amides is 11. The van der Waals surface area contributed by atoms with E-state index < -0.39 is 161 Å². The molecule has 0 aromatic heterocycles. The minimum Gasteiger partial charge on any atom is -0.390 e. The summed E-state index contributed by atoms with van der Waals surface area (Å²) in [5.74, 6) is -10.1. The van der Waals surface area contributed by atoms with Crippen LogP contribution in [0.25, 0.3) is 0 Å². The van der Waals surface area contributed by atoms with Gasteiger partial charge in [-0.25, -0.2) is 0 Å². The van der Waals surface area contributed by atoms with E-state index in [1.165, 1.54) is 92.5 Å². The summed E-state index contributed by atoms with van der Waals surface area (Å²) in [4.78, 5) is 170. The molecule has 0 spiro atoms. The van der Waals surface area contributed by atoms with Gasteiger partial charge in [0.25, 0.3) is 0 Å². The number of likely N-dealkylation sites (N-methyl/N-ethyl adjacent to an activating group) is 7. The number of nitrogens with zero attached hydrogens (tertiary/aromatic N) is 7. The second-order valence-electron chi connectivity index (χ2n) is 26.2. The molecule has 1 heterocycles. The summed E-state index contributed by atoms with van der Waals surface area (Å²) in [6.45, 7) is 32.8. The molecule has 1 unspecified atom stereocenters. The van der Waals surface area contributed by atoms with E-state index in [1.807, 2.05) is 47.6 Å². The zero-order chi connectivity index (χ0) is 66.8. The van der Waals surface area contributed by atoms with Gasteiger partial charge in [0.15, 0.2) is 0 Å². The van der Waals surface area contributed by atoms with Gasteiger partial charge in [0.2, 0.25) is 65.0 Å². The molecule has 11 amide bonds. The molecule has 1 aliphatic heterocycles. The Hall–Kier alpha value is -6.13. The highest BCUT2D eigenvalue weighted by Gasteiger charge is 2.46. The van der Waals surface area contributed by atoms with Gasteiger partial charge in [-0.15, -0.1) is 0 Å². The lowest BCUT2D eigenvalue weighted by Crippen LogP contribution is -2.64. The molecule has 23 heteroatoms. The van der Waals surface area contributed by atoms with Gasteiger partial charge in [0, 0.05) is 48.8 Å². The van der Waals surface area contributed by atoms with Crippen molar-refractivity contribution >= 4 is 65.0 Å². The van der Waals surface area contributed by atoms with E-state index in [4.69, 9.17) is 0 Å². The SMILES string of the molecule is C/C=C/CC(C)[C@@H](O)[C@H]1C(=O)N[C@@H](CC)C(=O)N(C)[C@H](C)C(=O)N(CC)[C@@H](C(C)C)C(=O)N[C@@H](C(C)C)C(=O)N(C)[C@@H](CC(C)C)C(=O)N[C@@H](C)C(=O)N[C@H](C)C(=O)N(C)[C@@H](CC(C)C)C(=O)N(C)[C@@H](CC(C)C)C(=O)N(C)[C@@H](C(C)C)C(=O)N1C. The molecule has 1 rings (SSSR count). The van der Waals surface area contributed by atoms with Crippen LogP contribution in [0.2, 0.25) is 0 Å². The zero-order valence-electron chi connectivity index (χ0n) is 56.9. The molecule has 0 bridgehead atoms. The Morgan fingerprint density at radius 3 is 1.31 bits per heavy atom. The molecule has 0 aliphatic carbocycles. The fraction of sp³-hybridized carbons (Fsp3) is 0.794. The molecule has 86 heavy (non-hydrogen) atoms. The Morgan fingerprint density at radius 2 is 0.872 bits per heavy atom. The average molecular weight is 1220 g/mol. The quantitative estimate of drug-likeness (QED) is 0.147. The van der Waals surface area contributed by atoms with E-state index in [9.17, 15) is 48.3 Å². The van der Waals surface area contributed by atoms with Crippen molar-refractivity contribution in [3.05, 3.63) is 12.2 Å². The summed E-state index contributed by atoms with van der Waals surface area (Å²) in [7, 11) is 8.53. The van der Waals surface area contributed by atoms with Gasteiger partial charge in [-0.2, -0.15) is 0 Å². The molecule has 0 aromatic rings. The van der Waals surface area contributed by atoms with Crippen LogP contribution in [-0.4, -0.2) is 226 Å². The van der Waals surface area contributed by atoms with Crippen molar-refractivity contribution in [3.8, 4) is 0 Å². The third-order valence-corrected chi connectivity index (χ3v) is 16.6. The summed E-state index contributed by atoms with van der Waals surface area (Å²) in [6, 6.07) is -13.6. The van der Waals surface area contributed by atoms with E-state index in [0.717, 1.165) is 4.90 Å². The molecule has 5 N–H and O–H groups in total. The first kappa shape index (κ1) is 77.9.